The molecule has 35 heavy (non-hydrogen) atoms. The van der Waals surface area contributed by atoms with Gasteiger partial charge >= 0.3 is 6.09 Å². The van der Waals surface area contributed by atoms with Gasteiger partial charge in [-0.2, -0.15) is 0 Å². The van der Waals surface area contributed by atoms with Crippen LogP contribution in [0.1, 0.15) is 51.4 Å². The van der Waals surface area contributed by atoms with Crippen molar-refractivity contribution in [1.82, 2.24) is 9.80 Å². The summed E-state index contributed by atoms with van der Waals surface area (Å²) in [5.74, 6) is 0.931. The summed E-state index contributed by atoms with van der Waals surface area (Å²) in [5.41, 5.74) is -0.0627. The van der Waals surface area contributed by atoms with E-state index in [-0.39, 0.29) is 30.1 Å². The van der Waals surface area contributed by atoms with Crippen LogP contribution < -0.4 is 9.47 Å². The molecule has 1 aliphatic rings. The van der Waals surface area contributed by atoms with Crippen molar-refractivity contribution in [3.8, 4) is 11.5 Å². The van der Waals surface area contributed by atoms with Crippen LogP contribution in [0, 0.1) is 5.92 Å². The second-order valence-electron chi connectivity index (χ2n) is 10.0. The Morgan fingerprint density at radius 2 is 1.80 bits per heavy atom. The van der Waals surface area contributed by atoms with Crippen molar-refractivity contribution in [3.05, 3.63) is 23.8 Å². The number of rotatable bonds is 11. The Kier molecular flexibility index (Phi) is 10.6. The molecule has 0 unspecified atom stereocenters. The smallest absolute Gasteiger partial charge is 0.410 e. The molecule has 1 aromatic carbocycles. The normalized spacial score (nSPS) is 18.0. The van der Waals surface area contributed by atoms with Crippen molar-refractivity contribution in [2.45, 2.75) is 58.8 Å². The molecule has 1 aromatic rings. The van der Waals surface area contributed by atoms with E-state index in [0.717, 1.165) is 6.42 Å². The lowest BCUT2D eigenvalue weighted by atomic mass is 10.0. The predicted molar refractivity (Wildman–Crippen MR) is 133 cm³/mol. The van der Waals surface area contributed by atoms with E-state index < -0.39 is 5.60 Å². The molecule has 1 heterocycles. The topological polar surface area (TPSA) is 86.8 Å². The average molecular weight is 495 g/mol. The standard InChI is InChI=1S/C26H42N2O7/c1-18(2)28(16-20-15-27(17-23(20)33-8)25(30)35-26(3,4)5)24(29)19-10-11-21(32-7)22(14-19)34-13-9-12-31-6/h10-11,14,18,20,23H,9,12-13,15-17H2,1-8H3/t20-,23+/m0/s1. The van der Waals surface area contributed by atoms with Gasteiger partial charge in [0, 0.05) is 57.9 Å². The van der Waals surface area contributed by atoms with E-state index in [9.17, 15) is 9.59 Å². The predicted octanol–water partition coefficient (Wildman–Crippen LogP) is 3.84. The third-order valence-corrected chi connectivity index (χ3v) is 5.81. The molecule has 0 radical (unpaired) electrons. The Balaban J connectivity index is 2.17. The highest BCUT2D eigenvalue weighted by molar-refractivity contribution is 5.95. The van der Waals surface area contributed by atoms with Crippen LogP contribution in [0.4, 0.5) is 4.79 Å². The number of carbonyl (C=O) groups is 2. The van der Waals surface area contributed by atoms with Gasteiger partial charge in [-0.1, -0.05) is 0 Å². The van der Waals surface area contributed by atoms with Gasteiger partial charge in [0.05, 0.1) is 26.4 Å². The number of likely N-dealkylation sites (tertiary alicyclic amines) is 1. The highest BCUT2D eigenvalue weighted by atomic mass is 16.6. The lowest BCUT2D eigenvalue weighted by molar-refractivity contribution is 0.0248. The fourth-order valence-corrected chi connectivity index (χ4v) is 4.01. The molecule has 0 N–H and O–H groups in total. The molecule has 0 saturated carbocycles. The Morgan fingerprint density at radius 1 is 1.09 bits per heavy atom. The minimum atomic E-state index is -0.574. The molecular weight excluding hydrogens is 452 g/mol. The van der Waals surface area contributed by atoms with Crippen LogP contribution in [-0.4, -0.2) is 93.7 Å². The Morgan fingerprint density at radius 3 is 2.37 bits per heavy atom. The van der Waals surface area contributed by atoms with Crippen LogP contribution in [-0.2, 0) is 14.2 Å². The maximum atomic E-state index is 13.6. The highest BCUT2D eigenvalue weighted by Gasteiger charge is 2.39. The van der Waals surface area contributed by atoms with E-state index >= 15 is 0 Å². The van der Waals surface area contributed by atoms with Crippen molar-refractivity contribution >= 4 is 12.0 Å². The number of benzene rings is 1. The second-order valence-corrected chi connectivity index (χ2v) is 10.0. The van der Waals surface area contributed by atoms with Crippen LogP contribution in [0.15, 0.2) is 18.2 Å². The summed E-state index contributed by atoms with van der Waals surface area (Å²) >= 11 is 0. The third-order valence-electron chi connectivity index (χ3n) is 5.81. The quantitative estimate of drug-likeness (QED) is 0.432. The van der Waals surface area contributed by atoms with Gasteiger partial charge in [0.25, 0.3) is 5.91 Å². The number of amides is 2. The van der Waals surface area contributed by atoms with E-state index in [4.69, 9.17) is 23.7 Å². The first-order chi connectivity index (χ1) is 16.5. The number of nitrogens with zero attached hydrogens (tertiary/aromatic N) is 2. The van der Waals surface area contributed by atoms with E-state index in [0.29, 0.717) is 49.9 Å². The van der Waals surface area contributed by atoms with Crippen LogP contribution >= 0.6 is 0 Å². The van der Waals surface area contributed by atoms with Gasteiger partial charge < -0.3 is 33.5 Å². The molecule has 2 atom stereocenters. The Bertz CT molecular complexity index is 837. The molecule has 2 amide bonds. The fraction of sp³-hybridized carbons (Fsp3) is 0.692. The first kappa shape index (κ1) is 28.7. The molecule has 2 rings (SSSR count). The molecule has 0 bridgehead atoms. The molecular formula is C26H42N2O7. The van der Waals surface area contributed by atoms with Gasteiger partial charge in [0.15, 0.2) is 11.5 Å². The summed E-state index contributed by atoms with van der Waals surface area (Å²) in [5, 5.41) is 0. The highest BCUT2D eigenvalue weighted by Crippen LogP contribution is 2.30. The lowest BCUT2D eigenvalue weighted by Gasteiger charge is -2.31. The van der Waals surface area contributed by atoms with Gasteiger partial charge in [0.2, 0.25) is 0 Å². The number of hydrogen-bond acceptors (Lipinski definition) is 7. The van der Waals surface area contributed by atoms with Gasteiger partial charge in [0.1, 0.15) is 5.60 Å². The molecule has 9 heteroatoms. The van der Waals surface area contributed by atoms with Gasteiger partial charge in [-0.15, -0.1) is 0 Å². The zero-order chi connectivity index (χ0) is 26.2. The molecule has 0 aromatic heterocycles. The third kappa shape index (κ3) is 8.28. The summed E-state index contributed by atoms with van der Waals surface area (Å²) in [7, 11) is 4.85. The molecule has 0 aliphatic carbocycles. The SMILES string of the molecule is COCCCOc1cc(C(=O)N(C[C@@H]2CN(C(=O)OC(C)(C)C)C[C@H]2OC)C(C)C)ccc1OC. The summed E-state index contributed by atoms with van der Waals surface area (Å²) in [4.78, 5) is 29.6. The van der Waals surface area contributed by atoms with Crippen LogP contribution in [0.2, 0.25) is 0 Å². The maximum absolute atomic E-state index is 13.6. The van der Waals surface area contributed by atoms with Crippen molar-refractivity contribution in [1.29, 1.82) is 0 Å². The van der Waals surface area contributed by atoms with Gasteiger partial charge in [-0.3, -0.25) is 4.79 Å². The monoisotopic (exact) mass is 494 g/mol. The molecule has 198 valence electrons. The summed E-state index contributed by atoms with van der Waals surface area (Å²) < 4.78 is 27.5. The van der Waals surface area contributed by atoms with Crippen molar-refractivity contribution < 1.29 is 33.3 Å². The van der Waals surface area contributed by atoms with Crippen molar-refractivity contribution in [2.24, 2.45) is 5.92 Å². The van der Waals surface area contributed by atoms with Crippen molar-refractivity contribution in [2.75, 3.05) is 54.2 Å². The van der Waals surface area contributed by atoms with Crippen LogP contribution in [0.5, 0.6) is 11.5 Å². The molecule has 9 nitrogen and oxygen atoms in total. The summed E-state index contributed by atoms with van der Waals surface area (Å²) in [6, 6.07) is 5.16. The Hall–Kier alpha value is -2.52. The largest absolute Gasteiger partial charge is 0.493 e. The zero-order valence-electron chi connectivity index (χ0n) is 22.5. The minimum Gasteiger partial charge on any atom is -0.493 e. The Labute approximate surface area is 209 Å². The second kappa shape index (κ2) is 13.0. The van der Waals surface area contributed by atoms with E-state index in [2.05, 4.69) is 0 Å². The van der Waals surface area contributed by atoms with Crippen LogP contribution in [0.25, 0.3) is 0 Å². The van der Waals surface area contributed by atoms with Gasteiger partial charge in [-0.05, 0) is 52.8 Å². The van der Waals surface area contributed by atoms with E-state index in [1.54, 1.807) is 44.4 Å². The summed E-state index contributed by atoms with van der Waals surface area (Å²) in [6.45, 7) is 11.9. The number of carbonyl (C=O) groups excluding carboxylic acids is 2. The molecule has 0 spiro atoms. The van der Waals surface area contributed by atoms with Gasteiger partial charge in [-0.25, -0.2) is 4.79 Å². The number of methoxy groups -OCH3 is 3. The number of ether oxygens (including phenoxy) is 5. The van der Waals surface area contributed by atoms with Crippen LogP contribution in [0.3, 0.4) is 0 Å². The lowest BCUT2D eigenvalue weighted by Crippen LogP contribution is -2.43. The van der Waals surface area contributed by atoms with E-state index in [1.165, 1.54) is 0 Å². The molecule has 1 fully saturated rings. The average Bonchev–Trinajstić information content (AvgIpc) is 3.21. The summed E-state index contributed by atoms with van der Waals surface area (Å²) in [6.07, 6.45) is 0.173. The first-order valence-electron chi connectivity index (χ1n) is 12.1. The minimum absolute atomic E-state index is 0.0399. The first-order valence-corrected chi connectivity index (χ1v) is 12.1. The number of hydrogen-bond donors (Lipinski definition) is 0. The fourth-order valence-electron chi connectivity index (χ4n) is 4.01. The maximum Gasteiger partial charge on any atom is 0.410 e. The van der Waals surface area contributed by atoms with Crippen molar-refractivity contribution in [3.63, 3.8) is 0 Å². The van der Waals surface area contributed by atoms with E-state index in [1.807, 2.05) is 39.5 Å². The molecule has 1 saturated heterocycles. The molecule has 1 aliphatic heterocycles. The zero-order valence-corrected chi connectivity index (χ0v) is 22.5.